The number of amides is 1. The van der Waals surface area contributed by atoms with Crippen LogP contribution in [0.2, 0.25) is 5.02 Å². The van der Waals surface area contributed by atoms with E-state index >= 15 is 0 Å². The Kier molecular flexibility index (Phi) is 5.27. The molecular formula is C20H15ClN2O2S. The Bertz CT molecular complexity index is 1020. The molecule has 2 heterocycles. The van der Waals surface area contributed by atoms with Gasteiger partial charge in [0.15, 0.2) is 0 Å². The van der Waals surface area contributed by atoms with E-state index in [1.807, 2.05) is 32.0 Å². The molecule has 0 saturated carbocycles. The Hall–Kier alpha value is -2.81. The van der Waals surface area contributed by atoms with Crippen LogP contribution >= 0.6 is 22.9 Å². The smallest absolute Gasteiger partial charge is 0.249 e. The zero-order valence-electron chi connectivity index (χ0n) is 14.2. The molecule has 2 aromatic heterocycles. The molecule has 3 rings (SSSR count). The molecule has 130 valence electrons. The first-order chi connectivity index (χ1) is 12.5. The highest BCUT2D eigenvalue weighted by Crippen LogP contribution is 2.31. The van der Waals surface area contributed by atoms with Crippen LogP contribution in [0, 0.1) is 25.2 Å². The van der Waals surface area contributed by atoms with Crippen LogP contribution in [-0.4, -0.2) is 5.91 Å². The number of halogens is 1. The average Bonchev–Trinajstić information content (AvgIpc) is 3.19. The van der Waals surface area contributed by atoms with Gasteiger partial charge in [0.1, 0.15) is 22.6 Å². The van der Waals surface area contributed by atoms with E-state index in [2.05, 4.69) is 11.4 Å². The number of nitriles is 1. The summed E-state index contributed by atoms with van der Waals surface area (Å²) in [5, 5.41) is 13.2. The average molecular weight is 383 g/mol. The summed E-state index contributed by atoms with van der Waals surface area (Å²) < 4.78 is 5.72. The first-order valence-electron chi connectivity index (χ1n) is 7.83. The van der Waals surface area contributed by atoms with Gasteiger partial charge in [-0.05, 0) is 61.9 Å². The molecule has 1 aromatic carbocycles. The number of benzene rings is 1. The van der Waals surface area contributed by atoms with Crippen LogP contribution in [-0.2, 0) is 4.79 Å². The van der Waals surface area contributed by atoms with Crippen molar-refractivity contribution in [2.75, 3.05) is 5.32 Å². The molecule has 0 saturated heterocycles. The van der Waals surface area contributed by atoms with Gasteiger partial charge in [-0.25, -0.2) is 0 Å². The summed E-state index contributed by atoms with van der Waals surface area (Å²) in [5.41, 5.74) is 2.31. The lowest BCUT2D eigenvalue weighted by Gasteiger charge is -1.99. The predicted octanol–water partition coefficient (Wildman–Crippen LogP) is 5.80. The zero-order chi connectivity index (χ0) is 18.7. The minimum absolute atomic E-state index is 0.313. The molecule has 0 aliphatic heterocycles. The van der Waals surface area contributed by atoms with Crippen LogP contribution in [0.3, 0.4) is 0 Å². The van der Waals surface area contributed by atoms with E-state index in [4.69, 9.17) is 16.0 Å². The summed E-state index contributed by atoms with van der Waals surface area (Å²) in [6.07, 6.45) is 2.98. The second-order valence-corrected chi connectivity index (χ2v) is 7.29. The molecule has 1 amide bonds. The molecule has 0 unspecified atom stereocenters. The second kappa shape index (κ2) is 7.61. The highest BCUT2D eigenvalue weighted by molar-refractivity contribution is 7.16. The van der Waals surface area contributed by atoms with Gasteiger partial charge in [0.25, 0.3) is 0 Å². The van der Waals surface area contributed by atoms with Crippen LogP contribution in [0.5, 0.6) is 0 Å². The van der Waals surface area contributed by atoms with Crippen molar-refractivity contribution in [3.63, 3.8) is 0 Å². The molecule has 3 aromatic rings. The highest BCUT2D eigenvalue weighted by atomic mass is 35.5. The van der Waals surface area contributed by atoms with Gasteiger partial charge in [0, 0.05) is 21.5 Å². The van der Waals surface area contributed by atoms with Gasteiger partial charge in [0.2, 0.25) is 5.91 Å². The van der Waals surface area contributed by atoms with Gasteiger partial charge < -0.3 is 9.73 Å². The predicted molar refractivity (Wildman–Crippen MR) is 105 cm³/mol. The summed E-state index contributed by atoms with van der Waals surface area (Å²) in [6.45, 7) is 3.80. The van der Waals surface area contributed by atoms with E-state index in [1.165, 1.54) is 17.4 Å². The van der Waals surface area contributed by atoms with E-state index in [-0.39, 0.29) is 5.91 Å². The minimum atomic E-state index is -0.313. The number of rotatable bonds is 4. The molecule has 0 atom stereocenters. The Labute approximate surface area is 160 Å². The lowest BCUT2D eigenvalue weighted by molar-refractivity contribution is -0.111. The maximum absolute atomic E-state index is 12.1. The quantitative estimate of drug-likeness (QED) is 0.579. The fraction of sp³-hybridized carbons (Fsp3) is 0.100. The standard InChI is InChI=1S/C20H15ClN2O2S/c1-12-13(2)26-20(17(12)11-22)23-19(24)10-8-16-7-9-18(25-16)14-3-5-15(21)6-4-14/h3-10H,1-2H3,(H,23,24)/b10-8+. The van der Waals surface area contributed by atoms with Crippen molar-refractivity contribution in [2.24, 2.45) is 0 Å². The molecule has 0 aliphatic rings. The molecule has 0 aliphatic carbocycles. The fourth-order valence-electron chi connectivity index (χ4n) is 2.37. The van der Waals surface area contributed by atoms with Gasteiger partial charge in [-0.15, -0.1) is 11.3 Å². The Balaban J connectivity index is 1.70. The molecule has 4 nitrogen and oxygen atoms in total. The number of nitrogens with zero attached hydrogens (tertiary/aromatic N) is 1. The van der Waals surface area contributed by atoms with Gasteiger partial charge >= 0.3 is 0 Å². The van der Waals surface area contributed by atoms with Crippen molar-refractivity contribution in [3.05, 3.63) is 69.3 Å². The molecule has 0 spiro atoms. The van der Waals surface area contributed by atoms with Gasteiger partial charge in [-0.2, -0.15) is 5.26 Å². The van der Waals surface area contributed by atoms with E-state index < -0.39 is 0 Å². The van der Waals surface area contributed by atoms with Crippen LogP contribution in [0.25, 0.3) is 17.4 Å². The summed E-state index contributed by atoms with van der Waals surface area (Å²) in [4.78, 5) is 13.1. The number of carbonyl (C=O) groups is 1. The number of aryl methyl sites for hydroxylation is 1. The molecular weight excluding hydrogens is 368 g/mol. The van der Waals surface area contributed by atoms with Gasteiger partial charge in [-0.3, -0.25) is 4.79 Å². The summed E-state index contributed by atoms with van der Waals surface area (Å²) in [5.74, 6) is 0.939. The third-order valence-corrected chi connectivity index (χ3v) is 5.26. The van der Waals surface area contributed by atoms with Gasteiger partial charge in [0.05, 0.1) is 5.56 Å². The topological polar surface area (TPSA) is 66.0 Å². The SMILES string of the molecule is Cc1sc(NC(=O)/C=C/c2ccc(-c3ccc(Cl)cc3)o2)c(C#N)c1C. The molecule has 0 bridgehead atoms. The lowest BCUT2D eigenvalue weighted by atomic mass is 10.2. The molecule has 0 radical (unpaired) electrons. The zero-order valence-corrected chi connectivity index (χ0v) is 15.7. The third-order valence-electron chi connectivity index (χ3n) is 3.89. The van der Waals surface area contributed by atoms with E-state index in [1.54, 1.807) is 24.3 Å². The summed E-state index contributed by atoms with van der Waals surface area (Å²) >= 11 is 7.28. The maximum Gasteiger partial charge on any atom is 0.249 e. The van der Waals surface area contributed by atoms with E-state index in [0.717, 1.165) is 16.0 Å². The normalized spacial score (nSPS) is 10.8. The summed E-state index contributed by atoms with van der Waals surface area (Å²) in [6, 6.07) is 13.1. The highest BCUT2D eigenvalue weighted by Gasteiger charge is 2.13. The Morgan fingerprint density at radius 1 is 1.23 bits per heavy atom. The van der Waals surface area contributed by atoms with Crippen molar-refractivity contribution in [2.45, 2.75) is 13.8 Å². The van der Waals surface area contributed by atoms with Crippen LogP contribution in [0.1, 0.15) is 21.8 Å². The molecule has 6 heteroatoms. The number of hydrogen-bond acceptors (Lipinski definition) is 4. The van der Waals surface area contributed by atoms with Crippen LogP contribution in [0.4, 0.5) is 5.00 Å². The minimum Gasteiger partial charge on any atom is -0.457 e. The van der Waals surface area contributed by atoms with Crippen molar-refractivity contribution in [1.82, 2.24) is 0 Å². The molecule has 26 heavy (non-hydrogen) atoms. The monoisotopic (exact) mass is 382 g/mol. The Morgan fingerprint density at radius 3 is 2.65 bits per heavy atom. The molecule has 0 fully saturated rings. The van der Waals surface area contributed by atoms with Crippen molar-refractivity contribution in [1.29, 1.82) is 5.26 Å². The number of nitrogens with one attached hydrogen (secondary N) is 1. The van der Waals surface area contributed by atoms with Gasteiger partial charge in [-0.1, -0.05) is 11.6 Å². The maximum atomic E-state index is 12.1. The first kappa shape index (κ1) is 18.0. The summed E-state index contributed by atoms with van der Waals surface area (Å²) in [7, 11) is 0. The van der Waals surface area contributed by atoms with Crippen LogP contribution in [0.15, 0.2) is 46.9 Å². The number of carbonyl (C=O) groups excluding carboxylic acids is 1. The Morgan fingerprint density at radius 2 is 1.96 bits per heavy atom. The largest absolute Gasteiger partial charge is 0.457 e. The number of anilines is 1. The van der Waals surface area contributed by atoms with Crippen LogP contribution < -0.4 is 5.32 Å². The van der Waals surface area contributed by atoms with Crippen molar-refractivity contribution < 1.29 is 9.21 Å². The number of hydrogen-bond donors (Lipinski definition) is 1. The molecule has 1 N–H and O–H groups in total. The lowest BCUT2D eigenvalue weighted by Crippen LogP contribution is -2.07. The second-order valence-electron chi connectivity index (χ2n) is 5.63. The fourth-order valence-corrected chi connectivity index (χ4v) is 3.51. The van der Waals surface area contributed by atoms with E-state index in [9.17, 15) is 10.1 Å². The third kappa shape index (κ3) is 3.88. The van der Waals surface area contributed by atoms with Crippen molar-refractivity contribution >= 4 is 39.9 Å². The van der Waals surface area contributed by atoms with Crippen molar-refractivity contribution in [3.8, 4) is 17.4 Å². The van der Waals surface area contributed by atoms with E-state index in [0.29, 0.717) is 27.1 Å². The number of thiophene rings is 1. The number of furan rings is 1. The first-order valence-corrected chi connectivity index (χ1v) is 9.02.